The molecule has 0 aromatic carbocycles. The molecule has 0 rings (SSSR count). The average Bonchev–Trinajstić information content (AvgIpc) is 1.65. The topological polar surface area (TPSA) is 60.2 Å². The van der Waals surface area contributed by atoms with Crippen molar-refractivity contribution in [3.05, 3.63) is 12.7 Å². The fourth-order valence-corrected chi connectivity index (χ4v) is 0.244. The number of ketones is 1. The van der Waals surface area contributed by atoms with Crippen molar-refractivity contribution < 1.29 is 9.59 Å². The van der Waals surface area contributed by atoms with E-state index < -0.39 is 5.91 Å². The standard InChI is InChI=1S/C5H7NO2/c1-2-4(7)3-5(6)8/h2H,1,3H2,(H2,6,8). The molecule has 44 valence electrons. The lowest BCUT2D eigenvalue weighted by Crippen LogP contribution is -2.14. The average molecular weight is 113 g/mol. The Labute approximate surface area is 47.2 Å². The molecule has 8 heavy (non-hydrogen) atoms. The Hall–Kier alpha value is -1.12. The minimum Gasteiger partial charge on any atom is -0.369 e. The Morgan fingerprint density at radius 2 is 2.12 bits per heavy atom. The van der Waals surface area contributed by atoms with E-state index in [4.69, 9.17) is 0 Å². The number of nitrogens with two attached hydrogens (primary N) is 1. The third-order valence-electron chi connectivity index (χ3n) is 0.576. The van der Waals surface area contributed by atoms with Crippen LogP contribution in [0.1, 0.15) is 6.42 Å². The molecule has 0 aliphatic heterocycles. The molecule has 3 nitrogen and oxygen atoms in total. The van der Waals surface area contributed by atoms with Gasteiger partial charge in [-0.15, -0.1) is 0 Å². The predicted molar refractivity (Wildman–Crippen MR) is 29.0 cm³/mol. The number of carbonyl (C=O) groups excluding carboxylic acids is 2. The van der Waals surface area contributed by atoms with Crippen molar-refractivity contribution in [3.63, 3.8) is 0 Å². The molecular formula is C5H7NO2. The first kappa shape index (κ1) is 6.88. The van der Waals surface area contributed by atoms with E-state index in [0.29, 0.717) is 0 Å². The van der Waals surface area contributed by atoms with Crippen molar-refractivity contribution in [2.45, 2.75) is 6.42 Å². The first-order chi connectivity index (χ1) is 3.66. The van der Waals surface area contributed by atoms with E-state index in [1.165, 1.54) is 0 Å². The van der Waals surface area contributed by atoms with Gasteiger partial charge in [-0.05, 0) is 6.08 Å². The number of hydrogen-bond donors (Lipinski definition) is 1. The van der Waals surface area contributed by atoms with E-state index in [1.54, 1.807) is 0 Å². The van der Waals surface area contributed by atoms with E-state index >= 15 is 0 Å². The molecule has 0 atom stereocenters. The van der Waals surface area contributed by atoms with Crippen LogP contribution >= 0.6 is 0 Å². The first-order valence-electron chi connectivity index (χ1n) is 2.10. The number of primary amides is 1. The van der Waals surface area contributed by atoms with E-state index in [9.17, 15) is 9.59 Å². The Bertz CT molecular complexity index is 128. The molecule has 0 heterocycles. The van der Waals surface area contributed by atoms with Crippen molar-refractivity contribution in [2.75, 3.05) is 0 Å². The summed E-state index contributed by atoms with van der Waals surface area (Å²) in [6, 6.07) is 0. The van der Waals surface area contributed by atoms with E-state index in [0.717, 1.165) is 6.08 Å². The van der Waals surface area contributed by atoms with E-state index in [-0.39, 0.29) is 12.2 Å². The molecule has 3 heteroatoms. The SMILES string of the molecule is C=CC(=O)CC(N)=O. The fourth-order valence-electron chi connectivity index (χ4n) is 0.244. The van der Waals surface area contributed by atoms with Crippen LogP contribution in [0.25, 0.3) is 0 Å². The third kappa shape index (κ3) is 3.08. The Morgan fingerprint density at radius 3 is 2.25 bits per heavy atom. The van der Waals surface area contributed by atoms with Gasteiger partial charge in [0.05, 0.1) is 6.42 Å². The zero-order valence-electron chi connectivity index (χ0n) is 4.39. The number of rotatable bonds is 3. The zero-order valence-corrected chi connectivity index (χ0v) is 4.39. The zero-order chi connectivity index (χ0) is 6.57. The van der Waals surface area contributed by atoms with E-state index in [1.807, 2.05) is 0 Å². The maximum absolute atomic E-state index is 10.2. The molecule has 2 N–H and O–H groups in total. The first-order valence-corrected chi connectivity index (χ1v) is 2.10. The normalized spacial score (nSPS) is 8.00. The van der Waals surface area contributed by atoms with Crippen LogP contribution in [0, 0.1) is 0 Å². The van der Waals surface area contributed by atoms with Gasteiger partial charge in [0, 0.05) is 0 Å². The molecule has 0 saturated heterocycles. The highest BCUT2D eigenvalue weighted by molar-refractivity contribution is 6.02. The summed E-state index contributed by atoms with van der Waals surface area (Å²) in [5, 5.41) is 0. The van der Waals surface area contributed by atoms with Crippen molar-refractivity contribution in [3.8, 4) is 0 Å². The second kappa shape index (κ2) is 2.96. The number of carbonyl (C=O) groups is 2. The van der Waals surface area contributed by atoms with Crippen LogP contribution in [0.2, 0.25) is 0 Å². The van der Waals surface area contributed by atoms with Crippen LogP contribution in [-0.2, 0) is 9.59 Å². The highest BCUT2D eigenvalue weighted by atomic mass is 16.2. The summed E-state index contributed by atoms with van der Waals surface area (Å²) in [6.07, 6.45) is 0.842. The maximum Gasteiger partial charge on any atom is 0.225 e. The van der Waals surface area contributed by atoms with Crippen molar-refractivity contribution in [1.29, 1.82) is 0 Å². The van der Waals surface area contributed by atoms with Gasteiger partial charge in [-0.1, -0.05) is 6.58 Å². The molecular weight excluding hydrogens is 106 g/mol. The van der Waals surface area contributed by atoms with Crippen LogP contribution in [-0.4, -0.2) is 11.7 Å². The van der Waals surface area contributed by atoms with E-state index in [2.05, 4.69) is 12.3 Å². The van der Waals surface area contributed by atoms with Crippen LogP contribution in [0.3, 0.4) is 0 Å². The third-order valence-corrected chi connectivity index (χ3v) is 0.576. The molecule has 0 saturated carbocycles. The van der Waals surface area contributed by atoms with Gasteiger partial charge in [0.15, 0.2) is 5.78 Å². The lowest BCUT2D eigenvalue weighted by Gasteiger charge is -1.83. The highest BCUT2D eigenvalue weighted by Gasteiger charge is 1.98. The van der Waals surface area contributed by atoms with Gasteiger partial charge in [0.25, 0.3) is 0 Å². The van der Waals surface area contributed by atoms with Gasteiger partial charge in [-0.3, -0.25) is 9.59 Å². The minimum atomic E-state index is -0.616. The second-order valence-corrected chi connectivity index (χ2v) is 1.31. The molecule has 0 spiro atoms. The Morgan fingerprint density at radius 1 is 1.62 bits per heavy atom. The number of amides is 1. The molecule has 0 aromatic heterocycles. The second-order valence-electron chi connectivity index (χ2n) is 1.31. The van der Waals surface area contributed by atoms with Gasteiger partial charge in [-0.2, -0.15) is 0 Å². The maximum atomic E-state index is 10.2. The van der Waals surface area contributed by atoms with Gasteiger partial charge in [-0.25, -0.2) is 0 Å². The Balaban J connectivity index is 3.55. The Kier molecular flexibility index (Phi) is 2.54. The fraction of sp³-hybridized carbons (Fsp3) is 0.200. The number of hydrogen-bond acceptors (Lipinski definition) is 2. The molecule has 0 unspecified atom stereocenters. The molecule has 0 aliphatic carbocycles. The summed E-state index contributed by atoms with van der Waals surface area (Å²) in [4.78, 5) is 20.1. The van der Waals surface area contributed by atoms with Crippen molar-refractivity contribution in [2.24, 2.45) is 5.73 Å². The summed E-state index contributed by atoms with van der Waals surface area (Å²) < 4.78 is 0. The minimum absolute atomic E-state index is 0.233. The summed E-state index contributed by atoms with van der Waals surface area (Å²) in [5.74, 6) is -0.951. The molecule has 0 fully saturated rings. The van der Waals surface area contributed by atoms with Crippen LogP contribution in [0.5, 0.6) is 0 Å². The molecule has 0 radical (unpaired) electrons. The molecule has 0 aliphatic rings. The predicted octanol–water partition coefficient (Wildman–Crippen LogP) is -0.383. The van der Waals surface area contributed by atoms with Crippen LogP contribution in [0.15, 0.2) is 12.7 Å². The van der Waals surface area contributed by atoms with Crippen LogP contribution < -0.4 is 5.73 Å². The lowest BCUT2D eigenvalue weighted by molar-refractivity contribution is -0.124. The summed E-state index contributed by atoms with van der Waals surface area (Å²) >= 11 is 0. The van der Waals surface area contributed by atoms with Gasteiger partial charge < -0.3 is 5.73 Å². The molecule has 1 amide bonds. The molecule has 0 aromatic rings. The quantitative estimate of drug-likeness (QED) is 0.400. The summed E-state index contributed by atoms with van der Waals surface area (Å²) in [6.45, 7) is 3.16. The van der Waals surface area contributed by atoms with Gasteiger partial charge in [0.1, 0.15) is 0 Å². The highest BCUT2D eigenvalue weighted by Crippen LogP contribution is 1.79. The molecule has 0 bridgehead atoms. The lowest BCUT2D eigenvalue weighted by atomic mass is 10.3. The van der Waals surface area contributed by atoms with Gasteiger partial charge in [0.2, 0.25) is 5.91 Å². The summed E-state index contributed by atoms with van der Waals surface area (Å²) in [7, 11) is 0. The summed E-state index contributed by atoms with van der Waals surface area (Å²) in [5.41, 5.74) is 4.66. The smallest absolute Gasteiger partial charge is 0.225 e. The number of allylic oxidation sites excluding steroid dienone is 1. The van der Waals surface area contributed by atoms with Crippen molar-refractivity contribution in [1.82, 2.24) is 0 Å². The van der Waals surface area contributed by atoms with Gasteiger partial charge >= 0.3 is 0 Å². The largest absolute Gasteiger partial charge is 0.369 e. The van der Waals surface area contributed by atoms with Crippen LogP contribution in [0.4, 0.5) is 0 Å². The van der Waals surface area contributed by atoms with Crippen molar-refractivity contribution >= 4 is 11.7 Å². The monoisotopic (exact) mass is 113 g/mol.